The van der Waals surface area contributed by atoms with E-state index in [1.165, 1.54) is 30.5 Å². The van der Waals surface area contributed by atoms with Crippen LogP contribution in [-0.2, 0) is 11.8 Å². The van der Waals surface area contributed by atoms with Gasteiger partial charge in [-0.3, -0.25) is 0 Å². The van der Waals surface area contributed by atoms with Crippen LogP contribution in [0.1, 0.15) is 43.4 Å². The van der Waals surface area contributed by atoms with Gasteiger partial charge in [-0.2, -0.15) is 9.97 Å². The van der Waals surface area contributed by atoms with E-state index in [9.17, 15) is 0 Å². The molecule has 0 bridgehead atoms. The number of hydrogen-bond acceptors (Lipinski definition) is 8. The summed E-state index contributed by atoms with van der Waals surface area (Å²) in [5, 5.41) is 0. The Morgan fingerprint density at radius 2 is 1.69 bits per heavy atom. The van der Waals surface area contributed by atoms with Crippen LogP contribution in [0.25, 0.3) is 0 Å². The maximum absolute atomic E-state index is 6.11. The van der Waals surface area contributed by atoms with Crippen LogP contribution < -0.4 is 20.4 Å². The molecule has 1 aliphatic carbocycles. The van der Waals surface area contributed by atoms with Crippen LogP contribution in [0.3, 0.4) is 0 Å². The second-order valence-corrected chi connectivity index (χ2v) is 8.88. The number of fused-ring (bicyclic) bond motifs is 2. The Labute approximate surface area is 172 Å². The van der Waals surface area contributed by atoms with E-state index < -0.39 is 0 Å². The van der Waals surface area contributed by atoms with E-state index in [0.29, 0.717) is 5.95 Å². The Kier molecular flexibility index (Phi) is 4.44. The van der Waals surface area contributed by atoms with E-state index in [2.05, 4.69) is 30.8 Å². The van der Waals surface area contributed by atoms with Crippen molar-refractivity contribution >= 4 is 23.5 Å². The molecule has 1 atom stereocenters. The van der Waals surface area contributed by atoms with Gasteiger partial charge in [0.05, 0.1) is 5.69 Å². The van der Waals surface area contributed by atoms with Crippen molar-refractivity contribution in [1.82, 2.24) is 19.9 Å². The monoisotopic (exact) mass is 394 g/mol. The molecular weight excluding hydrogens is 364 g/mol. The molecule has 8 heteroatoms. The lowest BCUT2D eigenvalue weighted by atomic mass is 9.77. The Morgan fingerprint density at radius 1 is 0.966 bits per heavy atom. The molecule has 4 heterocycles. The van der Waals surface area contributed by atoms with Crippen LogP contribution in [0, 0.1) is 0 Å². The number of rotatable bonds is 3. The minimum atomic E-state index is 0.0782. The van der Waals surface area contributed by atoms with E-state index in [1.54, 1.807) is 0 Å². The normalized spacial score (nSPS) is 23.7. The van der Waals surface area contributed by atoms with Crippen LogP contribution >= 0.6 is 0 Å². The highest BCUT2D eigenvalue weighted by Gasteiger charge is 2.44. The summed E-state index contributed by atoms with van der Waals surface area (Å²) in [6.07, 6.45) is 8.95. The summed E-state index contributed by atoms with van der Waals surface area (Å²) in [4.78, 5) is 25.3. The first-order valence-corrected chi connectivity index (χ1v) is 10.7. The van der Waals surface area contributed by atoms with Gasteiger partial charge in [-0.05, 0) is 44.1 Å². The minimum absolute atomic E-state index is 0.0782. The van der Waals surface area contributed by atoms with Crippen LogP contribution in [0.4, 0.5) is 23.5 Å². The highest BCUT2D eigenvalue weighted by atomic mass is 15.3. The molecule has 3 aliphatic rings. The van der Waals surface area contributed by atoms with Gasteiger partial charge in [0.1, 0.15) is 11.6 Å². The number of anilines is 4. The van der Waals surface area contributed by atoms with Crippen LogP contribution in [-0.4, -0.2) is 60.2 Å². The van der Waals surface area contributed by atoms with Crippen LogP contribution in [0.5, 0.6) is 0 Å². The first-order chi connectivity index (χ1) is 14.0. The third-order valence-corrected chi connectivity index (χ3v) is 6.67. The largest absolute Gasteiger partial charge is 0.368 e. The van der Waals surface area contributed by atoms with Crippen LogP contribution in [0.2, 0.25) is 0 Å². The van der Waals surface area contributed by atoms with Crippen molar-refractivity contribution in [3.63, 3.8) is 0 Å². The molecule has 154 valence electrons. The Morgan fingerprint density at radius 3 is 2.45 bits per heavy atom. The highest BCUT2D eigenvalue weighted by Crippen LogP contribution is 2.45. The van der Waals surface area contributed by atoms with Gasteiger partial charge in [-0.15, -0.1) is 0 Å². The number of nitrogen functional groups attached to an aromatic ring is 1. The number of aromatic nitrogens is 4. The molecule has 2 aliphatic heterocycles. The predicted molar refractivity (Wildman–Crippen MR) is 116 cm³/mol. The van der Waals surface area contributed by atoms with Crippen LogP contribution in [0.15, 0.2) is 12.3 Å². The summed E-state index contributed by atoms with van der Waals surface area (Å²) in [6, 6.07) is 2.13. The molecule has 2 N–H and O–H groups in total. The fraction of sp³-hybridized carbons (Fsp3) is 0.619. The molecule has 1 unspecified atom stereocenters. The highest BCUT2D eigenvalue weighted by molar-refractivity contribution is 5.55. The summed E-state index contributed by atoms with van der Waals surface area (Å²) in [5.41, 5.74) is 8.73. The molecule has 29 heavy (non-hydrogen) atoms. The summed E-state index contributed by atoms with van der Waals surface area (Å²) < 4.78 is 0. The van der Waals surface area contributed by atoms with E-state index >= 15 is 0 Å². The molecule has 0 saturated carbocycles. The van der Waals surface area contributed by atoms with Gasteiger partial charge in [0.15, 0.2) is 0 Å². The molecule has 2 saturated heterocycles. The molecule has 0 amide bonds. The third-order valence-electron chi connectivity index (χ3n) is 6.67. The molecule has 5 rings (SSSR count). The zero-order valence-electron chi connectivity index (χ0n) is 17.4. The summed E-state index contributed by atoms with van der Waals surface area (Å²) in [7, 11) is 4.00. The fourth-order valence-electron chi connectivity index (χ4n) is 5.18. The molecular formula is C21H30N8. The van der Waals surface area contributed by atoms with E-state index in [1.807, 2.05) is 25.2 Å². The lowest BCUT2D eigenvalue weighted by Gasteiger charge is -2.41. The van der Waals surface area contributed by atoms with Crippen molar-refractivity contribution in [2.45, 2.75) is 43.9 Å². The average molecular weight is 395 g/mol. The SMILES string of the molecule is CN(C)c1ncc2c(n1)C1(CCCN(c3cc(N4CCCC4)nc(N)n3)C1)CC2. The molecule has 2 aromatic heterocycles. The van der Waals surface area contributed by atoms with Crippen molar-refractivity contribution in [1.29, 1.82) is 0 Å². The molecule has 8 nitrogen and oxygen atoms in total. The van der Waals surface area contributed by atoms with E-state index in [0.717, 1.165) is 63.0 Å². The summed E-state index contributed by atoms with van der Waals surface area (Å²) in [6.45, 7) is 4.03. The molecule has 1 spiro atoms. The van der Waals surface area contributed by atoms with E-state index in [4.69, 9.17) is 10.7 Å². The second kappa shape index (κ2) is 7.00. The standard InChI is InChI=1S/C21H30N8/c1-27(2)20-23-13-15-6-8-21(18(15)26-20)7-5-11-29(14-21)17-12-16(24-19(22)25-17)28-9-3-4-10-28/h12-13H,3-11,14H2,1-2H3,(H2,22,24,25). The van der Waals surface area contributed by atoms with Crippen molar-refractivity contribution in [3.8, 4) is 0 Å². The number of nitrogens with zero attached hydrogens (tertiary/aromatic N) is 7. The minimum Gasteiger partial charge on any atom is -0.368 e. The zero-order valence-corrected chi connectivity index (χ0v) is 17.4. The van der Waals surface area contributed by atoms with Gasteiger partial charge in [0.25, 0.3) is 0 Å². The zero-order chi connectivity index (χ0) is 20.0. The number of hydrogen-bond donors (Lipinski definition) is 1. The predicted octanol–water partition coefficient (Wildman–Crippen LogP) is 2.00. The fourth-order valence-corrected chi connectivity index (χ4v) is 5.18. The quantitative estimate of drug-likeness (QED) is 0.846. The first kappa shape index (κ1) is 18.4. The second-order valence-electron chi connectivity index (χ2n) is 8.88. The maximum Gasteiger partial charge on any atom is 0.225 e. The van der Waals surface area contributed by atoms with Gasteiger partial charge in [0.2, 0.25) is 11.9 Å². The Hall–Kier alpha value is -2.64. The van der Waals surface area contributed by atoms with Gasteiger partial charge in [-0.1, -0.05) is 0 Å². The first-order valence-electron chi connectivity index (χ1n) is 10.7. The summed E-state index contributed by atoms with van der Waals surface area (Å²) >= 11 is 0. The van der Waals surface area contributed by atoms with Gasteiger partial charge in [-0.25, -0.2) is 9.97 Å². The molecule has 0 radical (unpaired) electrons. The molecule has 2 fully saturated rings. The van der Waals surface area contributed by atoms with Gasteiger partial charge in [0, 0.05) is 58.0 Å². The lowest BCUT2D eigenvalue weighted by Crippen LogP contribution is -2.46. The molecule has 0 aromatic carbocycles. The number of nitrogens with two attached hydrogens (primary N) is 1. The van der Waals surface area contributed by atoms with Crippen molar-refractivity contribution in [2.24, 2.45) is 0 Å². The Balaban J connectivity index is 1.46. The lowest BCUT2D eigenvalue weighted by molar-refractivity contribution is 0.333. The van der Waals surface area contributed by atoms with Crippen molar-refractivity contribution < 1.29 is 0 Å². The smallest absolute Gasteiger partial charge is 0.225 e. The topological polar surface area (TPSA) is 87.3 Å². The molecule has 2 aromatic rings. The maximum atomic E-state index is 6.11. The third kappa shape index (κ3) is 3.24. The van der Waals surface area contributed by atoms with E-state index in [-0.39, 0.29) is 5.41 Å². The van der Waals surface area contributed by atoms with Gasteiger partial charge >= 0.3 is 0 Å². The number of piperidine rings is 1. The Bertz CT molecular complexity index is 904. The average Bonchev–Trinajstić information content (AvgIpc) is 3.37. The number of aryl methyl sites for hydroxylation is 1. The van der Waals surface area contributed by atoms with Crippen molar-refractivity contribution in [3.05, 3.63) is 23.5 Å². The van der Waals surface area contributed by atoms with Crippen molar-refractivity contribution in [2.75, 3.05) is 60.7 Å². The summed E-state index contributed by atoms with van der Waals surface area (Å²) in [5.74, 6) is 3.08. The van der Waals surface area contributed by atoms with Gasteiger partial charge < -0.3 is 20.4 Å².